The fraction of sp³-hybridized carbons (Fsp3) is 0.542. The number of anilines is 1. The van der Waals surface area contributed by atoms with Crippen LogP contribution in [0.15, 0.2) is 27.5 Å². The van der Waals surface area contributed by atoms with Crippen molar-refractivity contribution in [2.45, 2.75) is 65.3 Å². The number of rotatable bonds is 4. The fourth-order valence-corrected chi connectivity index (χ4v) is 5.06. The Labute approximate surface area is 176 Å². The fourth-order valence-electron chi connectivity index (χ4n) is 5.06. The van der Waals surface area contributed by atoms with E-state index >= 15 is 0 Å². The Bertz CT molecular complexity index is 1120. The van der Waals surface area contributed by atoms with E-state index in [1.54, 1.807) is 0 Å². The SMILES string of the molecule is Cc1ccc2c(N3CCC(CCc4c(C)nc5n(c4=O)CCCC5)CC3)noc2c1. The van der Waals surface area contributed by atoms with Gasteiger partial charge in [-0.05, 0) is 76.0 Å². The summed E-state index contributed by atoms with van der Waals surface area (Å²) >= 11 is 0. The van der Waals surface area contributed by atoms with Crippen molar-refractivity contribution in [3.8, 4) is 0 Å². The van der Waals surface area contributed by atoms with E-state index in [9.17, 15) is 4.79 Å². The lowest BCUT2D eigenvalue weighted by Gasteiger charge is -2.32. The van der Waals surface area contributed by atoms with Gasteiger partial charge in [-0.2, -0.15) is 0 Å². The summed E-state index contributed by atoms with van der Waals surface area (Å²) in [7, 11) is 0. The van der Waals surface area contributed by atoms with Gasteiger partial charge in [0.15, 0.2) is 11.4 Å². The molecule has 2 aliphatic rings. The summed E-state index contributed by atoms with van der Waals surface area (Å²) in [6.45, 7) is 6.88. The number of hydrogen-bond acceptors (Lipinski definition) is 5. The Morgan fingerprint density at radius 2 is 1.97 bits per heavy atom. The third-order valence-corrected chi connectivity index (χ3v) is 6.91. The van der Waals surface area contributed by atoms with Crippen LogP contribution in [0.25, 0.3) is 11.0 Å². The van der Waals surface area contributed by atoms with Gasteiger partial charge in [-0.1, -0.05) is 11.2 Å². The number of nitrogens with zero attached hydrogens (tertiary/aromatic N) is 4. The van der Waals surface area contributed by atoms with E-state index in [2.05, 4.69) is 29.1 Å². The number of hydrogen-bond donors (Lipinski definition) is 0. The van der Waals surface area contributed by atoms with Gasteiger partial charge in [-0.15, -0.1) is 0 Å². The average Bonchev–Trinajstić information content (AvgIpc) is 3.17. The third kappa shape index (κ3) is 3.53. The van der Waals surface area contributed by atoms with E-state index in [-0.39, 0.29) is 5.56 Å². The summed E-state index contributed by atoms with van der Waals surface area (Å²) in [5.41, 5.74) is 4.13. The first-order valence-electron chi connectivity index (χ1n) is 11.3. The molecule has 30 heavy (non-hydrogen) atoms. The standard InChI is InChI=1S/C24H30N4O2/c1-16-6-8-20-21(15-16)30-26-23(20)27-13-10-18(11-14-27)7-9-19-17(2)25-22-5-3-4-12-28(22)24(19)29/h6,8,15,18H,3-5,7,9-14H2,1-2H3. The molecule has 0 amide bonds. The van der Waals surface area contributed by atoms with E-state index in [1.165, 1.54) is 5.56 Å². The van der Waals surface area contributed by atoms with Crippen LogP contribution in [0.3, 0.4) is 0 Å². The lowest BCUT2D eigenvalue weighted by atomic mass is 9.90. The molecule has 2 aromatic heterocycles. The second-order valence-electron chi connectivity index (χ2n) is 8.98. The largest absolute Gasteiger partial charge is 0.354 e. The van der Waals surface area contributed by atoms with E-state index in [4.69, 9.17) is 9.51 Å². The van der Waals surface area contributed by atoms with E-state index in [0.29, 0.717) is 5.92 Å². The van der Waals surface area contributed by atoms with Gasteiger partial charge in [-0.3, -0.25) is 9.36 Å². The highest BCUT2D eigenvalue weighted by molar-refractivity contribution is 5.89. The van der Waals surface area contributed by atoms with Crippen LogP contribution in [0.4, 0.5) is 5.82 Å². The summed E-state index contributed by atoms with van der Waals surface area (Å²) < 4.78 is 7.47. The minimum absolute atomic E-state index is 0.207. The molecule has 3 aromatic rings. The number of aryl methyl sites for hydroxylation is 3. The predicted molar refractivity (Wildman–Crippen MR) is 118 cm³/mol. The number of fused-ring (bicyclic) bond motifs is 2. The minimum Gasteiger partial charge on any atom is -0.354 e. The van der Waals surface area contributed by atoms with Crippen molar-refractivity contribution in [3.05, 3.63) is 51.2 Å². The maximum Gasteiger partial charge on any atom is 0.256 e. The highest BCUT2D eigenvalue weighted by Crippen LogP contribution is 2.31. The van der Waals surface area contributed by atoms with Gasteiger partial charge in [0.1, 0.15) is 5.82 Å². The highest BCUT2D eigenvalue weighted by atomic mass is 16.5. The van der Waals surface area contributed by atoms with Crippen LogP contribution < -0.4 is 10.5 Å². The molecule has 0 unspecified atom stereocenters. The van der Waals surface area contributed by atoms with E-state index < -0.39 is 0 Å². The maximum absolute atomic E-state index is 13.0. The van der Waals surface area contributed by atoms with Crippen LogP contribution >= 0.6 is 0 Å². The molecule has 1 fully saturated rings. The van der Waals surface area contributed by atoms with Gasteiger partial charge in [0.25, 0.3) is 5.56 Å². The average molecular weight is 407 g/mol. The van der Waals surface area contributed by atoms with Crippen LogP contribution in [0.2, 0.25) is 0 Å². The Hall–Kier alpha value is -2.63. The molecule has 0 bridgehead atoms. The molecule has 0 saturated carbocycles. The van der Waals surface area contributed by atoms with Crippen molar-refractivity contribution in [3.63, 3.8) is 0 Å². The van der Waals surface area contributed by atoms with Crippen LogP contribution in [0.1, 0.15) is 54.7 Å². The molecule has 5 rings (SSSR count). The third-order valence-electron chi connectivity index (χ3n) is 6.91. The first kappa shape index (κ1) is 19.3. The smallest absolute Gasteiger partial charge is 0.256 e. The summed E-state index contributed by atoms with van der Waals surface area (Å²) in [5.74, 6) is 2.59. The Morgan fingerprint density at radius 3 is 2.80 bits per heavy atom. The summed E-state index contributed by atoms with van der Waals surface area (Å²) in [6.07, 6.45) is 7.32. The maximum atomic E-state index is 13.0. The molecule has 0 spiro atoms. The van der Waals surface area contributed by atoms with Crippen LogP contribution in [-0.2, 0) is 19.4 Å². The van der Waals surface area contributed by atoms with Crippen LogP contribution in [0, 0.1) is 19.8 Å². The molecule has 6 nitrogen and oxygen atoms in total. The molecule has 1 aromatic carbocycles. The van der Waals surface area contributed by atoms with Crippen molar-refractivity contribution >= 4 is 16.8 Å². The number of aromatic nitrogens is 3. The molecule has 0 atom stereocenters. The Balaban J connectivity index is 1.23. The number of piperidine rings is 1. The minimum atomic E-state index is 0.207. The van der Waals surface area contributed by atoms with Gasteiger partial charge in [0, 0.05) is 37.3 Å². The Morgan fingerprint density at radius 1 is 1.13 bits per heavy atom. The molecule has 158 valence electrons. The lowest BCUT2D eigenvalue weighted by molar-refractivity contribution is 0.373. The lowest BCUT2D eigenvalue weighted by Crippen LogP contribution is -2.35. The predicted octanol–water partition coefficient (Wildman–Crippen LogP) is 4.19. The molecule has 4 heterocycles. The van der Waals surface area contributed by atoms with E-state index in [0.717, 1.165) is 98.4 Å². The molecular formula is C24H30N4O2. The summed E-state index contributed by atoms with van der Waals surface area (Å²) in [5, 5.41) is 5.44. The molecule has 1 saturated heterocycles. The van der Waals surface area contributed by atoms with Crippen molar-refractivity contribution in [2.75, 3.05) is 18.0 Å². The molecule has 0 aliphatic carbocycles. The molecule has 6 heteroatoms. The first-order chi connectivity index (χ1) is 14.6. The van der Waals surface area contributed by atoms with Crippen molar-refractivity contribution in [2.24, 2.45) is 5.92 Å². The Kier molecular flexibility index (Phi) is 5.09. The zero-order chi connectivity index (χ0) is 20.7. The summed E-state index contributed by atoms with van der Waals surface area (Å²) in [6, 6.07) is 6.28. The van der Waals surface area contributed by atoms with Gasteiger partial charge in [-0.25, -0.2) is 4.98 Å². The van der Waals surface area contributed by atoms with Crippen molar-refractivity contribution in [1.82, 2.24) is 14.7 Å². The first-order valence-corrected chi connectivity index (χ1v) is 11.3. The second-order valence-corrected chi connectivity index (χ2v) is 8.98. The van der Waals surface area contributed by atoms with Gasteiger partial charge in [0.05, 0.1) is 5.39 Å². The molecule has 0 radical (unpaired) electrons. The topological polar surface area (TPSA) is 64.2 Å². The summed E-state index contributed by atoms with van der Waals surface area (Å²) in [4.78, 5) is 20.1. The van der Waals surface area contributed by atoms with Gasteiger partial charge < -0.3 is 9.42 Å². The van der Waals surface area contributed by atoms with Gasteiger partial charge in [0.2, 0.25) is 0 Å². The molecular weight excluding hydrogens is 376 g/mol. The normalized spacial score (nSPS) is 17.5. The molecule has 0 N–H and O–H groups in total. The van der Waals surface area contributed by atoms with Gasteiger partial charge >= 0.3 is 0 Å². The zero-order valence-electron chi connectivity index (χ0n) is 18.0. The van der Waals surface area contributed by atoms with Crippen molar-refractivity contribution < 1.29 is 4.52 Å². The second kappa shape index (κ2) is 7.89. The van der Waals surface area contributed by atoms with Crippen molar-refractivity contribution in [1.29, 1.82) is 0 Å². The van der Waals surface area contributed by atoms with Crippen LogP contribution in [0.5, 0.6) is 0 Å². The van der Waals surface area contributed by atoms with Crippen LogP contribution in [-0.4, -0.2) is 27.8 Å². The monoisotopic (exact) mass is 406 g/mol. The highest BCUT2D eigenvalue weighted by Gasteiger charge is 2.24. The van der Waals surface area contributed by atoms with E-state index in [1.807, 2.05) is 17.6 Å². The quantitative estimate of drug-likeness (QED) is 0.650. The molecule has 2 aliphatic heterocycles. The zero-order valence-corrected chi connectivity index (χ0v) is 18.0. The number of benzene rings is 1.